The van der Waals surface area contributed by atoms with Crippen molar-refractivity contribution in [2.24, 2.45) is 23.2 Å². The average Bonchev–Trinajstić information content (AvgIpc) is 3.03. The van der Waals surface area contributed by atoms with Gasteiger partial charge in [-0.05, 0) is 148 Å². The first-order valence-corrected chi connectivity index (χ1v) is 17.8. The summed E-state index contributed by atoms with van der Waals surface area (Å²) in [6.45, 7) is 8.57. The second-order valence-electron chi connectivity index (χ2n) is 12.8. The van der Waals surface area contributed by atoms with Crippen LogP contribution >= 0.6 is 0 Å². The minimum absolute atomic E-state index is 0.223. The van der Waals surface area contributed by atoms with Gasteiger partial charge < -0.3 is 24.1 Å². The molecule has 3 aromatic carbocycles. The van der Waals surface area contributed by atoms with Crippen molar-refractivity contribution in [3.8, 4) is 17.2 Å². The number of benzene rings is 3. The normalized spacial score (nSPS) is 23.1. The van der Waals surface area contributed by atoms with Crippen molar-refractivity contribution in [2.75, 3.05) is 19.8 Å². The number of hydrogen-bond donors (Lipinski definition) is 0. The summed E-state index contributed by atoms with van der Waals surface area (Å²) in [4.78, 5) is 14.9. The van der Waals surface area contributed by atoms with Gasteiger partial charge in [-0.25, -0.2) is 0 Å². The van der Waals surface area contributed by atoms with Gasteiger partial charge in [0.05, 0.1) is 30.7 Å². The van der Waals surface area contributed by atoms with Crippen LogP contribution in [0, 0.1) is 23.2 Å². The molecule has 0 spiro atoms. The summed E-state index contributed by atoms with van der Waals surface area (Å²) in [5.74, 6) is 4.13. The lowest BCUT2D eigenvalue weighted by atomic mass is 9.49. The molecule has 0 aliphatic heterocycles. The van der Waals surface area contributed by atoms with Gasteiger partial charge in [0.25, 0.3) is 0 Å². The molecule has 6 heteroatoms. The molecule has 4 saturated carbocycles. The largest absolute Gasteiger partial charge is 0.550 e. The van der Waals surface area contributed by atoms with E-state index >= 15 is 0 Å². The highest BCUT2D eigenvalue weighted by atomic mass is 32.2. The Balaban J connectivity index is 0.000000242. The molecule has 0 amide bonds. The summed E-state index contributed by atoms with van der Waals surface area (Å²) in [6.07, 6.45) is 9.66. The van der Waals surface area contributed by atoms with E-state index in [1.54, 1.807) is 0 Å². The molecule has 0 aromatic heterocycles. The fourth-order valence-corrected chi connectivity index (χ4v) is 9.49. The van der Waals surface area contributed by atoms with E-state index in [-0.39, 0.29) is 10.9 Å². The fourth-order valence-electron chi connectivity index (χ4n) is 7.44. The number of carboxylic acids is 1. The van der Waals surface area contributed by atoms with Crippen molar-refractivity contribution >= 4 is 16.9 Å². The maximum Gasteiger partial charge on any atom is 0.166 e. The van der Waals surface area contributed by atoms with Crippen LogP contribution in [0.15, 0.2) is 87.5 Å². The molecule has 0 radical (unpaired) electrons. The van der Waals surface area contributed by atoms with Gasteiger partial charge >= 0.3 is 0 Å². The number of carbonyl (C=O) groups excluding carboxylic acids is 1. The third kappa shape index (κ3) is 7.93. The van der Waals surface area contributed by atoms with Crippen molar-refractivity contribution in [2.45, 2.75) is 93.2 Å². The Morgan fingerprint density at radius 2 is 0.909 bits per heavy atom. The minimum atomic E-state index is -0.758. The first kappa shape index (κ1) is 32.3. The standard InChI is InChI=1S/C27H33O3S.C11H16O2/c1-4-19-28-22-7-13-25(14-8-22)31(26-15-9-23(10-16-26)29-20-5-2)27-17-11-24(12-18-27)30-21-6-3;12-10(13)11-4-7-1-8(5-11)3-9(2-7)6-11/h7-18H,4-6,19-21H2,1-3H3;7-9H,1-6H2,(H,12,13)/q+1;/p-1. The maximum atomic E-state index is 11.1. The number of aliphatic carboxylic acids is 1. The van der Waals surface area contributed by atoms with Crippen LogP contribution in [0.25, 0.3) is 0 Å². The number of ether oxygens (including phenoxy) is 3. The van der Waals surface area contributed by atoms with Gasteiger partial charge in [-0.1, -0.05) is 20.8 Å². The van der Waals surface area contributed by atoms with Crippen LogP contribution < -0.4 is 19.3 Å². The van der Waals surface area contributed by atoms with E-state index in [2.05, 4.69) is 93.6 Å². The highest BCUT2D eigenvalue weighted by Crippen LogP contribution is 2.59. The first-order chi connectivity index (χ1) is 21.4. The predicted molar refractivity (Wildman–Crippen MR) is 174 cm³/mol. The Morgan fingerprint density at radius 1 is 0.614 bits per heavy atom. The number of carbonyl (C=O) groups is 1. The van der Waals surface area contributed by atoms with Gasteiger partial charge in [0.1, 0.15) is 17.2 Å². The molecule has 236 valence electrons. The Bertz CT molecular complexity index is 1160. The molecule has 0 saturated heterocycles. The molecule has 4 fully saturated rings. The molecule has 0 unspecified atom stereocenters. The van der Waals surface area contributed by atoms with Gasteiger partial charge in [0.15, 0.2) is 14.7 Å². The lowest BCUT2D eigenvalue weighted by molar-refractivity contribution is -0.327. The second kappa shape index (κ2) is 15.2. The molecule has 4 aliphatic carbocycles. The van der Waals surface area contributed by atoms with Crippen LogP contribution in [-0.4, -0.2) is 25.8 Å². The van der Waals surface area contributed by atoms with Gasteiger partial charge in [-0.2, -0.15) is 0 Å². The van der Waals surface area contributed by atoms with Crippen molar-refractivity contribution in [3.63, 3.8) is 0 Å². The third-order valence-electron chi connectivity index (χ3n) is 9.07. The molecular formula is C38H48O5S. The maximum absolute atomic E-state index is 11.1. The molecular weight excluding hydrogens is 568 g/mol. The number of carboxylic acid groups (broad SMARTS) is 1. The van der Waals surface area contributed by atoms with E-state index in [0.717, 1.165) is 75.6 Å². The number of rotatable bonds is 13. The molecule has 5 nitrogen and oxygen atoms in total. The summed E-state index contributed by atoms with van der Waals surface area (Å²) in [5, 5.41) is 11.1. The van der Waals surface area contributed by atoms with Crippen LogP contribution in [0.5, 0.6) is 17.2 Å². The lowest BCUT2D eigenvalue weighted by Gasteiger charge is -2.57. The fraction of sp³-hybridized carbons (Fsp3) is 0.500. The zero-order chi connectivity index (χ0) is 30.9. The first-order valence-electron chi connectivity index (χ1n) is 16.6. The molecule has 44 heavy (non-hydrogen) atoms. The average molecular weight is 617 g/mol. The molecule has 7 rings (SSSR count). The van der Waals surface area contributed by atoms with E-state index in [1.807, 2.05) is 0 Å². The van der Waals surface area contributed by atoms with Gasteiger partial charge in [-0.15, -0.1) is 0 Å². The van der Waals surface area contributed by atoms with Crippen LogP contribution in [0.1, 0.15) is 78.6 Å². The Kier molecular flexibility index (Phi) is 11.2. The Hall–Kier alpha value is -3.12. The van der Waals surface area contributed by atoms with Gasteiger partial charge in [0, 0.05) is 11.4 Å². The van der Waals surface area contributed by atoms with Crippen LogP contribution in [-0.2, 0) is 15.7 Å². The molecule has 4 aliphatic rings. The van der Waals surface area contributed by atoms with Crippen LogP contribution in [0.2, 0.25) is 0 Å². The smallest absolute Gasteiger partial charge is 0.166 e. The third-order valence-corrected chi connectivity index (χ3v) is 11.3. The van der Waals surface area contributed by atoms with Crippen LogP contribution in [0.4, 0.5) is 0 Å². The van der Waals surface area contributed by atoms with Crippen molar-refractivity contribution in [3.05, 3.63) is 72.8 Å². The topological polar surface area (TPSA) is 67.8 Å². The molecule has 0 N–H and O–H groups in total. The molecule has 4 bridgehead atoms. The van der Waals surface area contributed by atoms with Crippen molar-refractivity contribution < 1.29 is 24.1 Å². The molecule has 0 heterocycles. The summed E-state index contributed by atoms with van der Waals surface area (Å²) < 4.78 is 17.3. The summed E-state index contributed by atoms with van der Waals surface area (Å²) >= 11 is 0. The van der Waals surface area contributed by atoms with E-state index < -0.39 is 11.4 Å². The lowest BCUT2D eigenvalue weighted by Crippen LogP contribution is -2.54. The van der Waals surface area contributed by atoms with Crippen molar-refractivity contribution in [1.29, 1.82) is 0 Å². The molecule has 3 aromatic rings. The van der Waals surface area contributed by atoms with Gasteiger partial charge in [0.2, 0.25) is 0 Å². The summed E-state index contributed by atoms with van der Waals surface area (Å²) in [7, 11) is -0.223. The SMILES string of the molecule is CCCOc1ccc([S+](c2ccc(OCCC)cc2)c2ccc(OCCC)cc2)cc1.O=C([O-])C12CC3CC(CC(C3)C1)C2. The monoisotopic (exact) mass is 616 g/mol. The highest BCUT2D eigenvalue weighted by Gasteiger charge is 2.51. The molecule has 0 atom stereocenters. The second-order valence-corrected chi connectivity index (χ2v) is 14.8. The van der Waals surface area contributed by atoms with Gasteiger partial charge in [-0.3, -0.25) is 0 Å². The number of hydrogen-bond acceptors (Lipinski definition) is 5. The Morgan fingerprint density at radius 3 is 1.16 bits per heavy atom. The highest BCUT2D eigenvalue weighted by molar-refractivity contribution is 7.97. The predicted octanol–water partition coefficient (Wildman–Crippen LogP) is 8.10. The van der Waals surface area contributed by atoms with Crippen molar-refractivity contribution in [1.82, 2.24) is 0 Å². The Labute approximate surface area is 266 Å². The zero-order valence-electron chi connectivity index (χ0n) is 26.6. The van der Waals surface area contributed by atoms with E-state index in [1.165, 1.54) is 33.9 Å². The zero-order valence-corrected chi connectivity index (χ0v) is 27.4. The van der Waals surface area contributed by atoms with Crippen LogP contribution in [0.3, 0.4) is 0 Å². The minimum Gasteiger partial charge on any atom is -0.550 e. The van der Waals surface area contributed by atoms with E-state index in [0.29, 0.717) is 17.8 Å². The van der Waals surface area contributed by atoms with E-state index in [9.17, 15) is 9.90 Å². The summed E-state index contributed by atoms with van der Waals surface area (Å²) in [5.41, 5.74) is -0.394. The van der Waals surface area contributed by atoms with E-state index in [4.69, 9.17) is 14.2 Å². The summed E-state index contributed by atoms with van der Waals surface area (Å²) in [6, 6.07) is 25.5. The quantitative estimate of drug-likeness (QED) is 0.182.